The number of likely N-dealkylation sites (tertiary alicyclic amines) is 1. The number of amides is 2. The predicted octanol–water partition coefficient (Wildman–Crippen LogP) is 2.40. The Balaban J connectivity index is 1.42. The Hall–Kier alpha value is -3.55. The number of hydrogen-bond acceptors (Lipinski definition) is 5. The first-order chi connectivity index (χ1) is 15.2. The molecule has 0 saturated carbocycles. The molecule has 0 spiro atoms. The first-order valence-corrected chi connectivity index (χ1v) is 10.6. The zero-order valence-corrected chi connectivity index (χ0v) is 17.4. The van der Waals surface area contributed by atoms with Gasteiger partial charge >= 0.3 is 0 Å². The van der Waals surface area contributed by atoms with Crippen LogP contribution in [-0.2, 0) is 17.8 Å². The Morgan fingerprint density at radius 1 is 0.968 bits per heavy atom. The second-order valence-electron chi connectivity index (χ2n) is 7.77. The van der Waals surface area contributed by atoms with Gasteiger partial charge in [-0.05, 0) is 52.9 Å². The summed E-state index contributed by atoms with van der Waals surface area (Å²) >= 11 is 0. The Labute approximate surface area is 181 Å². The lowest BCUT2D eigenvalue weighted by Gasteiger charge is -2.26. The van der Waals surface area contributed by atoms with Gasteiger partial charge in [-0.2, -0.15) is 0 Å². The molecular formula is C23H26N6O2. The number of carbonyl (C=O) groups excluding carboxylic acids is 2. The average molecular weight is 419 g/mol. The third kappa shape index (κ3) is 5.33. The van der Waals surface area contributed by atoms with E-state index in [1.54, 1.807) is 0 Å². The summed E-state index contributed by atoms with van der Waals surface area (Å²) in [7, 11) is 0. The number of nitrogens with zero attached hydrogens (tertiary/aromatic N) is 5. The van der Waals surface area contributed by atoms with E-state index >= 15 is 0 Å². The van der Waals surface area contributed by atoms with Crippen LogP contribution in [0.1, 0.15) is 46.8 Å². The van der Waals surface area contributed by atoms with E-state index < -0.39 is 6.04 Å². The molecule has 2 heterocycles. The standard InChI is InChI=1S/C23H26N6O2/c30-22(21(29-17-25-26-27-29)15-18-8-3-1-4-9-18)24-16-19-10-7-11-20(14-19)23(31)28-12-5-2-6-13-28/h1,3-4,7-11,14,17,21H,2,5-6,12-13,15-16H2,(H,24,30). The van der Waals surface area contributed by atoms with Crippen molar-refractivity contribution in [2.75, 3.05) is 13.1 Å². The summed E-state index contributed by atoms with van der Waals surface area (Å²) in [5.41, 5.74) is 2.56. The molecular weight excluding hydrogens is 392 g/mol. The van der Waals surface area contributed by atoms with Gasteiger partial charge < -0.3 is 10.2 Å². The summed E-state index contributed by atoms with van der Waals surface area (Å²) in [5.74, 6) is -0.118. The molecule has 160 valence electrons. The quantitative estimate of drug-likeness (QED) is 0.636. The van der Waals surface area contributed by atoms with Gasteiger partial charge in [0.1, 0.15) is 12.4 Å². The summed E-state index contributed by atoms with van der Waals surface area (Å²) in [6, 6.07) is 16.7. The summed E-state index contributed by atoms with van der Waals surface area (Å²) in [5, 5.41) is 14.2. The first kappa shape index (κ1) is 20.7. The highest BCUT2D eigenvalue weighted by atomic mass is 16.2. The fourth-order valence-corrected chi connectivity index (χ4v) is 3.86. The zero-order valence-electron chi connectivity index (χ0n) is 17.4. The molecule has 2 aromatic carbocycles. The molecule has 1 unspecified atom stereocenters. The predicted molar refractivity (Wildman–Crippen MR) is 115 cm³/mol. The van der Waals surface area contributed by atoms with Crippen molar-refractivity contribution >= 4 is 11.8 Å². The zero-order chi connectivity index (χ0) is 21.5. The monoisotopic (exact) mass is 418 g/mol. The SMILES string of the molecule is O=C(NCc1cccc(C(=O)N2CCCCC2)c1)C(Cc1ccccc1)n1cnnn1. The Morgan fingerprint density at radius 2 is 1.74 bits per heavy atom. The lowest BCUT2D eigenvalue weighted by molar-refractivity contribution is -0.124. The van der Waals surface area contributed by atoms with Gasteiger partial charge in [0.25, 0.3) is 5.91 Å². The molecule has 3 aromatic rings. The van der Waals surface area contributed by atoms with Gasteiger partial charge in [0.2, 0.25) is 5.91 Å². The maximum absolute atomic E-state index is 13.0. The van der Waals surface area contributed by atoms with Crippen LogP contribution in [0.15, 0.2) is 60.9 Å². The largest absolute Gasteiger partial charge is 0.350 e. The number of carbonyl (C=O) groups is 2. The molecule has 31 heavy (non-hydrogen) atoms. The van der Waals surface area contributed by atoms with Crippen molar-refractivity contribution in [1.82, 2.24) is 30.4 Å². The number of tetrazole rings is 1. The Kier molecular flexibility index (Phi) is 6.66. The number of aromatic nitrogens is 4. The van der Waals surface area contributed by atoms with E-state index in [1.165, 1.54) is 17.4 Å². The molecule has 0 bridgehead atoms. The summed E-state index contributed by atoms with van der Waals surface area (Å²) < 4.78 is 1.47. The first-order valence-electron chi connectivity index (χ1n) is 10.6. The Bertz CT molecular complexity index is 1000. The molecule has 8 nitrogen and oxygen atoms in total. The lowest BCUT2D eigenvalue weighted by Crippen LogP contribution is -2.36. The van der Waals surface area contributed by atoms with Gasteiger partial charge in [0.05, 0.1) is 0 Å². The van der Waals surface area contributed by atoms with Crippen LogP contribution in [0.4, 0.5) is 0 Å². The van der Waals surface area contributed by atoms with Crippen LogP contribution in [0, 0.1) is 0 Å². The van der Waals surface area contributed by atoms with Crippen molar-refractivity contribution in [3.8, 4) is 0 Å². The molecule has 1 saturated heterocycles. The summed E-state index contributed by atoms with van der Waals surface area (Å²) in [6.45, 7) is 1.95. The van der Waals surface area contributed by atoms with E-state index in [1.807, 2.05) is 59.5 Å². The highest BCUT2D eigenvalue weighted by molar-refractivity contribution is 5.94. The molecule has 0 radical (unpaired) electrons. The van der Waals surface area contributed by atoms with Crippen LogP contribution in [0.2, 0.25) is 0 Å². The van der Waals surface area contributed by atoms with Crippen molar-refractivity contribution in [2.24, 2.45) is 0 Å². The van der Waals surface area contributed by atoms with Crippen molar-refractivity contribution < 1.29 is 9.59 Å². The number of piperidine rings is 1. The van der Waals surface area contributed by atoms with E-state index in [0.29, 0.717) is 18.5 Å². The molecule has 0 aliphatic carbocycles. The molecule has 2 amide bonds. The van der Waals surface area contributed by atoms with Crippen LogP contribution in [0.5, 0.6) is 0 Å². The van der Waals surface area contributed by atoms with Gasteiger partial charge in [-0.3, -0.25) is 9.59 Å². The summed E-state index contributed by atoms with van der Waals surface area (Å²) in [4.78, 5) is 27.7. The number of benzene rings is 2. The second kappa shape index (κ2) is 9.97. The fraction of sp³-hybridized carbons (Fsp3) is 0.348. The normalized spacial score (nSPS) is 14.8. The maximum Gasteiger partial charge on any atom is 0.253 e. The lowest BCUT2D eigenvalue weighted by atomic mass is 10.0. The molecule has 1 aliphatic heterocycles. The van der Waals surface area contributed by atoms with Gasteiger partial charge in [-0.25, -0.2) is 4.68 Å². The molecule has 1 aromatic heterocycles. The number of rotatable bonds is 7. The van der Waals surface area contributed by atoms with E-state index in [0.717, 1.165) is 37.1 Å². The van der Waals surface area contributed by atoms with Crippen LogP contribution >= 0.6 is 0 Å². The number of nitrogens with one attached hydrogen (secondary N) is 1. The van der Waals surface area contributed by atoms with Gasteiger partial charge in [0, 0.05) is 31.6 Å². The van der Waals surface area contributed by atoms with E-state index in [2.05, 4.69) is 20.8 Å². The minimum Gasteiger partial charge on any atom is -0.350 e. The molecule has 1 atom stereocenters. The van der Waals surface area contributed by atoms with Crippen molar-refractivity contribution in [1.29, 1.82) is 0 Å². The number of hydrogen-bond donors (Lipinski definition) is 1. The minimum atomic E-state index is -0.560. The van der Waals surface area contributed by atoms with Crippen molar-refractivity contribution in [2.45, 2.75) is 38.3 Å². The third-order valence-electron chi connectivity index (χ3n) is 5.54. The molecule has 4 rings (SSSR count). The topological polar surface area (TPSA) is 93.0 Å². The smallest absolute Gasteiger partial charge is 0.253 e. The van der Waals surface area contributed by atoms with Crippen molar-refractivity contribution in [3.05, 3.63) is 77.6 Å². The molecule has 8 heteroatoms. The van der Waals surface area contributed by atoms with E-state index in [9.17, 15) is 9.59 Å². The van der Waals surface area contributed by atoms with Crippen LogP contribution < -0.4 is 5.32 Å². The Morgan fingerprint density at radius 3 is 2.48 bits per heavy atom. The van der Waals surface area contributed by atoms with Crippen LogP contribution in [-0.4, -0.2) is 50.0 Å². The third-order valence-corrected chi connectivity index (χ3v) is 5.54. The van der Waals surface area contributed by atoms with Crippen LogP contribution in [0.3, 0.4) is 0 Å². The second-order valence-corrected chi connectivity index (χ2v) is 7.77. The van der Waals surface area contributed by atoms with Crippen LogP contribution in [0.25, 0.3) is 0 Å². The highest BCUT2D eigenvalue weighted by Crippen LogP contribution is 2.16. The summed E-state index contributed by atoms with van der Waals surface area (Å²) in [6.07, 6.45) is 5.22. The van der Waals surface area contributed by atoms with E-state index in [4.69, 9.17) is 0 Å². The molecule has 1 aliphatic rings. The van der Waals surface area contributed by atoms with Gasteiger partial charge in [-0.1, -0.05) is 42.5 Å². The van der Waals surface area contributed by atoms with Crippen molar-refractivity contribution in [3.63, 3.8) is 0 Å². The molecule has 1 N–H and O–H groups in total. The average Bonchev–Trinajstić information content (AvgIpc) is 3.36. The van der Waals surface area contributed by atoms with E-state index in [-0.39, 0.29) is 11.8 Å². The highest BCUT2D eigenvalue weighted by Gasteiger charge is 2.22. The maximum atomic E-state index is 13.0. The van der Waals surface area contributed by atoms with Gasteiger partial charge in [0.15, 0.2) is 0 Å². The molecule has 1 fully saturated rings. The van der Waals surface area contributed by atoms with Gasteiger partial charge in [-0.15, -0.1) is 5.10 Å². The fourth-order valence-electron chi connectivity index (χ4n) is 3.86. The minimum absolute atomic E-state index is 0.0588.